The van der Waals surface area contributed by atoms with Gasteiger partial charge in [0, 0.05) is 38.8 Å². The van der Waals surface area contributed by atoms with Crippen LogP contribution in [0, 0.1) is 0 Å². The second kappa shape index (κ2) is 6.36. The van der Waals surface area contributed by atoms with Gasteiger partial charge < -0.3 is 15.0 Å². The highest BCUT2D eigenvalue weighted by Crippen LogP contribution is 2.25. The summed E-state index contributed by atoms with van der Waals surface area (Å²) in [4.78, 5) is 15.0. The van der Waals surface area contributed by atoms with Gasteiger partial charge in [-0.2, -0.15) is 0 Å². The lowest BCUT2D eigenvalue weighted by Gasteiger charge is -2.25. The van der Waals surface area contributed by atoms with Gasteiger partial charge in [0.05, 0.1) is 12.1 Å². The van der Waals surface area contributed by atoms with Gasteiger partial charge in [0.25, 0.3) is 0 Å². The van der Waals surface area contributed by atoms with E-state index in [0.717, 1.165) is 24.6 Å². The number of anilines is 2. The Hall–Kier alpha value is -2.81. The summed E-state index contributed by atoms with van der Waals surface area (Å²) in [7, 11) is 1.75. The molecule has 0 amide bonds. The second-order valence-corrected chi connectivity index (χ2v) is 5.69. The molecule has 0 saturated carbocycles. The van der Waals surface area contributed by atoms with E-state index < -0.39 is 0 Å². The van der Waals surface area contributed by atoms with Crippen LogP contribution in [0.1, 0.15) is 6.42 Å². The minimum atomic E-state index is 0.184. The van der Waals surface area contributed by atoms with Crippen LogP contribution < -0.4 is 10.2 Å². The third-order valence-electron chi connectivity index (χ3n) is 4.29. The molecular formula is C15H18N8O. The van der Waals surface area contributed by atoms with Gasteiger partial charge in [0.15, 0.2) is 5.82 Å². The van der Waals surface area contributed by atoms with E-state index in [-0.39, 0.29) is 12.1 Å². The molecule has 0 aromatic carbocycles. The highest BCUT2D eigenvalue weighted by Gasteiger charge is 2.33. The van der Waals surface area contributed by atoms with Crippen LogP contribution in [0.2, 0.25) is 0 Å². The molecule has 124 valence electrons. The molecule has 1 aliphatic heterocycles. The second-order valence-electron chi connectivity index (χ2n) is 5.69. The van der Waals surface area contributed by atoms with Crippen molar-refractivity contribution in [3.8, 4) is 0 Å². The van der Waals surface area contributed by atoms with Gasteiger partial charge in [0.1, 0.15) is 18.5 Å². The quantitative estimate of drug-likeness (QED) is 0.729. The largest absolute Gasteiger partial charge is 0.380 e. The molecule has 0 unspecified atom stereocenters. The maximum atomic E-state index is 5.55. The summed E-state index contributed by atoms with van der Waals surface area (Å²) in [5.74, 6) is 1.63. The summed E-state index contributed by atoms with van der Waals surface area (Å²) in [6, 6.07) is 2.16. The minimum Gasteiger partial charge on any atom is -0.380 e. The van der Waals surface area contributed by atoms with Gasteiger partial charge in [-0.15, -0.1) is 10.2 Å². The topological polar surface area (TPSA) is 93.4 Å². The van der Waals surface area contributed by atoms with Crippen LogP contribution in [0.15, 0.2) is 37.3 Å². The van der Waals surface area contributed by atoms with E-state index in [1.165, 1.54) is 0 Å². The molecular weight excluding hydrogens is 308 g/mol. The van der Waals surface area contributed by atoms with Gasteiger partial charge in [0.2, 0.25) is 5.65 Å². The Morgan fingerprint density at radius 1 is 1.33 bits per heavy atom. The van der Waals surface area contributed by atoms with Crippen LogP contribution >= 0.6 is 0 Å². The summed E-state index contributed by atoms with van der Waals surface area (Å²) in [6.07, 6.45) is 9.64. The van der Waals surface area contributed by atoms with Crippen molar-refractivity contribution in [3.05, 3.63) is 37.3 Å². The first-order chi connectivity index (χ1) is 11.8. The lowest BCUT2D eigenvalue weighted by molar-refractivity contribution is 0.118. The van der Waals surface area contributed by atoms with E-state index in [1.807, 2.05) is 16.7 Å². The molecule has 1 saturated heterocycles. The van der Waals surface area contributed by atoms with Gasteiger partial charge >= 0.3 is 0 Å². The first-order valence-corrected chi connectivity index (χ1v) is 7.79. The Morgan fingerprint density at radius 3 is 3.12 bits per heavy atom. The molecule has 3 aromatic rings. The Morgan fingerprint density at radius 2 is 2.29 bits per heavy atom. The number of nitrogens with one attached hydrogen (secondary N) is 1. The van der Waals surface area contributed by atoms with Crippen molar-refractivity contribution in [1.82, 2.24) is 29.5 Å². The SMILES string of the molecule is CO[C@@H]1C[C@H](CNc2nccn3cnnc23)N(c2ccncn2)C1. The molecule has 24 heavy (non-hydrogen) atoms. The fraction of sp³-hybridized carbons (Fsp3) is 0.400. The Labute approximate surface area is 138 Å². The maximum Gasteiger partial charge on any atom is 0.203 e. The van der Waals surface area contributed by atoms with Crippen molar-refractivity contribution in [3.63, 3.8) is 0 Å². The molecule has 3 aromatic heterocycles. The fourth-order valence-corrected chi connectivity index (χ4v) is 3.07. The van der Waals surface area contributed by atoms with E-state index >= 15 is 0 Å². The molecule has 4 heterocycles. The smallest absolute Gasteiger partial charge is 0.203 e. The molecule has 0 aliphatic carbocycles. The first-order valence-electron chi connectivity index (χ1n) is 7.79. The number of hydrogen-bond acceptors (Lipinski definition) is 8. The highest BCUT2D eigenvalue weighted by atomic mass is 16.5. The van der Waals surface area contributed by atoms with Gasteiger partial charge in [-0.25, -0.2) is 15.0 Å². The van der Waals surface area contributed by atoms with Crippen LogP contribution in [0.3, 0.4) is 0 Å². The van der Waals surface area contributed by atoms with Crippen LogP contribution in [-0.2, 0) is 4.74 Å². The summed E-state index contributed by atoms with van der Waals surface area (Å²) in [5, 5.41) is 11.4. The number of fused-ring (bicyclic) bond motifs is 1. The third kappa shape index (κ3) is 2.73. The van der Waals surface area contributed by atoms with Crippen molar-refractivity contribution < 1.29 is 4.74 Å². The van der Waals surface area contributed by atoms with Crippen molar-refractivity contribution in [2.24, 2.45) is 0 Å². The molecule has 1 N–H and O–H groups in total. The Balaban J connectivity index is 1.52. The zero-order chi connectivity index (χ0) is 16.4. The number of rotatable bonds is 5. The molecule has 4 rings (SSSR count). The molecule has 9 nitrogen and oxygen atoms in total. The predicted molar refractivity (Wildman–Crippen MR) is 87.9 cm³/mol. The van der Waals surface area contributed by atoms with E-state index in [2.05, 4.69) is 35.4 Å². The van der Waals surface area contributed by atoms with E-state index in [1.54, 1.807) is 32.2 Å². The maximum absolute atomic E-state index is 5.55. The minimum absolute atomic E-state index is 0.184. The van der Waals surface area contributed by atoms with Gasteiger partial charge in [-0.1, -0.05) is 0 Å². The molecule has 1 aliphatic rings. The number of aromatic nitrogens is 6. The van der Waals surface area contributed by atoms with Crippen molar-refractivity contribution in [2.75, 3.05) is 30.4 Å². The summed E-state index contributed by atoms with van der Waals surface area (Å²) < 4.78 is 7.39. The van der Waals surface area contributed by atoms with Crippen molar-refractivity contribution in [1.29, 1.82) is 0 Å². The number of hydrogen-bond donors (Lipinski definition) is 1. The standard InChI is InChI=1S/C15H18N8O/c1-24-12-6-11(23(8-12)13-2-3-16-9-19-13)7-18-14-15-21-20-10-22(15)5-4-17-14/h2-5,9-12H,6-8H2,1H3,(H,17,18)/t11-,12-/m1/s1. The molecule has 0 radical (unpaired) electrons. The number of nitrogens with zero attached hydrogens (tertiary/aromatic N) is 7. The van der Waals surface area contributed by atoms with E-state index in [0.29, 0.717) is 12.2 Å². The van der Waals surface area contributed by atoms with E-state index in [4.69, 9.17) is 4.74 Å². The number of ether oxygens (including phenoxy) is 1. The van der Waals surface area contributed by atoms with Crippen molar-refractivity contribution >= 4 is 17.3 Å². The lowest BCUT2D eigenvalue weighted by atomic mass is 10.2. The van der Waals surface area contributed by atoms with Crippen LogP contribution in [0.5, 0.6) is 0 Å². The predicted octanol–water partition coefficient (Wildman–Crippen LogP) is 0.620. The lowest BCUT2D eigenvalue weighted by Crippen LogP contribution is -2.35. The fourth-order valence-electron chi connectivity index (χ4n) is 3.07. The average Bonchev–Trinajstić information content (AvgIpc) is 3.27. The molecule has 0 spiro atoms. The first kappa shape index (κ1) is 14.8. The summed E-state index contributed by atoms with van der Waals surface area (Å²) in [5.41, 5.74) is 0.715. The van der Waals surface area contributed by atoms with E-state index in [9.17, 15) is 0 Å². The van der Waals surface area contributed by atoms with Crippen LogP contribution in [0.4, 0.5) is 11.6 Å². The van der Waals surface area contributed by atoms with Gasteiger partial charge in [-0.3, -0.25) is 4.40 Å². The Kier molecular flexibility index (Phi) is 3.91. The molecule has 0 bridgehead atoms. The molecule has 9 heteroatoms. The van der Waals surface area contributed by atoms with Crippen LogP contribution in [0.25, 0.3) is 5.65 Å². The average molecular weight is 326 g/mol. The monoisotopic (exact) mass is 326 g/mol. The normalized spacial score (nSPS) is 20.6. The Bertz CT molecular complexity index is 807. The summed E-state index contributed by atoms with van der Waals surface area (Å²) >= 11 is 0. The van der Waals surface area contributed by atoms with Gasteiger partial charge in [-0.05, 0) is 12.5 Å². The third-order valence-corrected chi connectivity index (χ3v) is 4.29. The molecule has 1 fully saturated rings. The molecule has 2 atom stereocenters. The summed E-state index contributed by atoms with van der Waals surface area (Å²) in [6.45, 7) is 1.52. The zero-order valence-electron chi connectivity index (χ0n) is 13.3. The van der Waals surface area contributed by atoms with Crippen LogP contribution in [-0.4, -0.2) is 61.9 Å². The zero-order valence-corrected chi connectivity index (χ0v) is 13.3. The van der Waals surface area contributed by atoms with Crippen molar-refractivity contribution in [2.45, 2.75) is 18.6 Å². The number of methoxy groups -OCH3 is 1. The highest BCUT2D eigenvalue weighted by molar-refractivity contribution is 5.61.